The van der Waals surface area contributed by atoms with Crippen LogP contribution in [0.1, 0.15) is 25.5 Å². The van der Waals surface area contributed by atoms with Gasteiger partial charge in [-0.15, -0.1) is 0 Å². The number of aromatic nitrogens is 4. The second-order valence-electron chi connectivity index (χ2n) is 4.03. The molecule has 0 saturated carbocycles. The predicted octanol–water partition coefficient (Wildman–Crippen LogP) is 3.42. The van der Waals surface area contributed by atoms with Crippen LogP contribution < -0.4 is 0 Å². The molecule has 0 aliphatic carbocycles. The quantitative estimate of drug-likeness (QED) is 0.798. The van der Waals surface area contributed by atoms with E-state index < -0.39 is 0 Å². The fourth-order valence-corrected chi connectivity index (χ4v) is 2.34. The molecule has 0 aliphatic rings. The lowest BCUT2D eigenvalue weighted by Gasteiger charge is -2.10. The Hall–Kier alpha value is -0.940. The van der Waals surface area contributed by atoms with E-state index in [1.54, 1.807) is 10.9 Å². The second-order valence-corrected chi connectivity index (χ2v) is 5.18. The topological polar surface area (TPSA) is 43.6 Å². The van der Waals surface area contributed by atoms with Crippen LogP contribution in [0, 0.1) is 0 Å². The van der Waals surface area contributed by atoms with E-state index in [0.29, 0.717) is 11.0 Å². The molecule has 0 bridgehead atoms. The smallest absolute Gasteiger partial charge is 0.179 e. The molecule has 2 heterocycles. The molecule has 0 aromatic carbocycles. The summed E-state index contributed by atoms with van der Waals surface area (Å²) in [4.78, 5) is 8.80. The SMILES string of the molecule is CC(C)c1nc(-c2ccnn2C)nc(Cl)c1Br. The Morgan fingerprint density at radius 2 is 2.06 bits per heavy atom. The molecule has 0 aliphatic heterocycles. The van der Waals surface area contributed by atoms with E-state index in [2.05, 4.69) is 44.8 Å². The fraction of sp³-hybridized carbons (Fsp3) is 0.364. The summed E-state index contributed by atoms with van der Waals surface area (Å²) in [5.41, 5.74) is 1.75. The van der Waals surface area contributed by atoms with Crippen LogP contribution in [0.2, 0.25) is 5.15 Å². The highest BCUT2D eigenvalue weighted by Crippen LogP contribution is 2.30. The number of hydrogen-bond donors (Lipinski definition) is 0. The highest BCUT2D eigenvalue weighted by Gasteiger charge is 2.16. The lowest BCUT2D eigenvalue weighted by atomic mass is 10.1. The van der Waals surface area contributed by atoms with Crippen molar-refractivity contribution in [3.05, 3.63) is 27.6 Å². The number of halogens is 2. The molecule has 0 atom stereocenters. The number of aryl methyl sites for hydroxylation is 1. The van der Waals surface area contributed by atoms with Gasteiger partial charge in [0.25, 0.3) is 0 Å². The summed E-state index contributed by atoms with van der Waals surface area (Å²) < 4.78 is 2.49. The summed E-state index contributed by atoms with van der Waals surface area (Å²) in [5.74, 6) is 0.874. The highest BCUT2D eigenvalue weighted by molar-refractivity contribution is 9.10. The lowest BCUT2D eigenvalue weighted by Crippen LogP contribution is -2.03. The Labute approximate surface area is 113 Å². The van der Waals surface area contributed by atoms with Crippen LogP contribution in [0.15, 0.2) is 16.7 Å². The number of nitrogens with zero attached hydrogens (tertiary/aromatic N) is 4. The van der Waals surface area contributed by atoms with Crippen LogP contribution in [-0.2, 0) is 7.05 Å². The van der Waals surface area contributed by atoms with Crippen LogP contribution in [0.5, 0.6) is 0 Å². The fourth-order valence-electron chi connectivity index (χ4n) is 1.53. The van der Waals surface area contributed by atoms with Gasteiger partial charge in [-0.05, 0) is 27.9 Å². The Morgan fingerprint density at radius 3 is 2.59 bits per heavy atom. The Bertz CT molecular complexity index is 550. The van der Waals surface area contributed by atoms with E-state index in [9.17, 15) is 0 Å². The highest BCUT2D eigenvalue weighted by atomic mass is 79.9. The molecule has 0 amide bonds. The van der Waals surface area contributed by atoms with Crippen LogP contribution in [0.25, 0.3) is 11.5 Å². The average molecular weight is 316 g/mol. The van der Waals surface area contributed by atoms with E-state index in [1.807, 2.05) is 13.1 Å². The Balaban J connectivity index is 2.61. The van der Waals surface area contributed by atoms with Crippen molar-refractivity contribution in [1.82, 2.24) is 19.7 Å². The molecule has 6 heteroatoms. The van der Waals surface area contributed by atoms with Gasteiger partial charge in [0.1, 0.15) is 10.8 Å². The maximum Gasteiger partial charge on any atom is 0.179 e. The van der Waals surface area contributed by atoms with Crippen molar-refractivity contribution in [2.24, 2.45) is 7.05 Å². The summed E-state index contributed by atoms with van der Waals surface area (Å²) in [7, 11) is 1.85. The van der Waals surface area contributed by atoms with Crippen molar-refractivity contribution in [3.8, 4) is 11.5 Å². The molecule has 0 fully saturated rings. The van der Waals surface area contributed by atoms with Crippen LogP contribution in [0.4, 0.5) is 0 Å². The first kappa shape index (κ1) is 12.5. The molecule has 90 valence electrons. The number of rotatable bonds is 2. The van der Waals surface area contributed by atoms with Gasteiger partial charge in [0, 0.05) is 13.2 Å². The maximum absolute atomic E-state index is 6.10. The molecule has 2 aromatic heterocycles. The van der Waals surface area contributed by atoms with Crippen molar-refractivity contribution in [3.63, 3.8) is 0 Å². The predicted molar refractivity (Wildman–Crippen MR) is 71.0 cm³/mol. The Kier molecular flexibility index (Phi) is 3.49. The molecule has 4 nitrogen and oxygen atoms in total. The van der Waals surface area contributed by atoms with Gasteiger partial charge in [-0.25, -0.2) is 9.97 Å². The van der Waals surface area contributed by atoms with Gasteiger partial charge in [-0.2, -0.15) is 5.10 Å². The molecule has 2 rings (SSSR count). The lowest BCUT2D eigenvalue weighted by molar-refractivity contribution is 0.761. The normalized spacial score (nSPS) is 11.2. The third kappa shape index (κ3) is 2.35. The van der Waals surface area contributed by atoms with Crippen LogP contribution in [0.3, 0.4) is 0 Å². The van der Waals surface area contributed by atoms with E-state index in [1.165, 1.54) is 0 Å². The van der Waals surface area contributed by atoms with E-state index >= 15 is 0 Å². The standard InChI is InChI=1S/C11H12BrClN4/c1-6(2)9-8(12)10(13)16-11(15-9)7-4-5-14-17(7)3/h4-6H,1-3H3. The van der Waals surface area contributed by atoms with E-state index in [-0.39, 0.29) is 5.92 Å². The molecule has 0 radical (unpaired) electrons. The zero-order chi connectivity index (χ0) is 12.6. The summed E-state index contributed by atoms with van der Waals surface area (Å²) in [6.45, 7) is 4.13. The second kappa shape index (κ2) is 4.74. The zero-order valence-corrected chi connectivity index (χ0v) is 12.1. The summed E-state index contributed by atoms with van der Waals surface area (Å²) >= 11 is 9.52. The zero-order valence-electron chi connectivity index (χ0n) is 9.78. The molecular formula is C11H12BrClN4. The van der Waals surface area contributed by atoms with E-state index in [0.717, 1.165) is 15.9 Å². The average Bonchev–Trinajstić information content (AvgIpc) is 2.68. The third-order valence-corrected chi connectivity index (χ3v) is 3.72. The molecule has 2 aromatic rings. The minimum Gasteiger partial charge on any atom is -0.265 e. The summed E-state index contributed by atoms with van der Waals surface area (Å²) in [6.07, 6.45) is 1.71. The van der Waals surface area contributed by atoms with Gasteiger partial charge in [-0.1, -0.05) is 25.4 Å². The molecule has 0 N–H and O–H groups in total. The first-order valence-corrected chi connectivity index (χ1v) is 6.39. The summed E-state index contributed by atoms with van der Waals surface area (Å²) in [5, 5.41) is 4.53. The van der Waals surface area contributed by atoms with Gasteiger partial charge in [0.05, 0.1) is 10.2 Å². The van der Waals surface area contributed by atoms with Crippen molar-refractivity contribution >= 4 is 27.5 Å². The van der Waals surface area contributed by atoms with E-state index in [4.69, 9.17) is 11.6 Å². The molecule has 17 heavy (non-hydrogen) atoms. The largest absolute Gasteiger partial charge is 0.265 e. The van der Waals surface area contributed by atoms with Crippen LogP contribution in [-0.4, -0.2) is 19.7 Å². The minimum absolute atomic E-state index is 0.275. The van der Waals surface area contributed by atoms with Crippen molar-refractivity contribution in [2.75, 3.05) is 0 Å². The van der Waals surface area contributed by atoms with Gasteiger partial charge >= 0.3 is 0 Å². The number of hydrogen-bond acceptors (Lipinski definition) is 3. The van der Waals surface area contributed by atoms with Crippen molar-refractivity contribution in [1.29, 1.82) is 0 Å². The molecule has 0 spiro atoms. The Morgan fingerprint density at radius 1 is 1.35 bits per heavy atom. The minimum atomic E-state index is 0.275. The van der Waals surface area contributed by atoms with Crippen molar-refractivity contribution < 1.29 is 0 Å². The molecule has 0 unspecified atom stereocenters. The van der Waals surface area contributed by atoms with Gasteiger partial charge in [-0.3, -0.25) is 4.68 Å². The maximum atomic E-state index is 6.10. The van der Waals surface area contributed by atoms with Crippen molar-refractivity contribution in [2.45, 2.75) is 19.8 Å². The van der Waals surface area contributed by atoms with Gasteiger partial charge in [0.2, 0.25) is 0 Å². The monoisotopic (exact) mass is 314 g/mol. The van der Waals surface area contributed by atoms with Crippen LogP contribution >= 0.6 is 27.5 Å². The van der Waals surface area contributed by atoms with Gasteiger partial charge in [0.15, 0.2) is 5.82 Å². The molecular weight excluding hydrogens is 304 g/mol. The summed E-state index contributed by atoms with van der Waals surface area (Å²) in [6, 6.07) is 1.86. The first-order valence-electron chi connectivity index (χ1n) is 5.22. The first-order chi connectivity index (χ1) is 8.00. The van der Waals surface area contributed by atoms with Gasteiger partial charge < -0.3 is 0 Å². The third-order valence-electron chi connectivity index (χ3n) is 2.43. The molecule has 0 saturated heterocycles.